The van der Waals surface area contributed by atoms with Crippen molar-refractivity contribution in [3.05, 3.63) is 36.4 Å². The van der Waals surface area contributed by atoms with Crippen molar-refractivity contribution in [2.24, 2.45) is 0 Å². The number of hydrogen-bond donors (Lipinski definition) is 2. The number of benzene rings is 1. The van der Waals surface area contributed by atoms with E-state index in [0.717, 1.165) is 23.0 Å². The van der Waals surface area contributed by atoms with Gasteiger partial charge in [-0.05, 0) is 26.7 Å². The van der Waals surface area contributed by atoms with Gasteiger partial charge < -0.3 is 10.6 Å². The Balaban J connectivity index is 1.94. The minimum Gasteiger partial charge on any atom is -0.368 e. The molecule has 0 bridgehead atoms. The Kier molecular flexibility index (Phi) is 3.54. The van der Waals surface area contributed by atoms with Crippen LogP contribution in [-0.2, 0) is 0 Å². The average Bonchev–Trinajstić information content (AvgIpc) is 3.22. The van der Waals surface area contributed by atoms with Gasteiger partial charge >= 0.3 is 0 Å². The fraction of sp³-hybridized carbons (Fsp3) is 0.375. The predicted octanol–water partition coefficient (Wildman–Crippen LogP) is 3.54. The van der Waals surface area contributed by atoms with Crippen LogP contribution in [0.2, 0.25) is 0 Å². The summed E-state index contributed by atoms with van der Waals surface area (Å²) in [6.45, 7) is 4.22. The molecule has 1 aromatic heterocycles. The van der Waals surface area contributed by atoms with Gasteiger partial charge in [-0.2, -0.15) is 4.98 Å². The topological polar surface area (TPSA) is 49.8 Å². The van der Waals surface area contributed by atoms with Gasteiger partial charge in [-0.25, -0.2) is 4.98 Å². The Labute approximate surface area is 119 Å². The van der Waals surface area contributed by atoms with Gasteiger partial charge in [0.1, 0.15) is 5.82 Å². The number of nitrogens with one attached hydrogen (secondary N) is 2. The van der Waals surface area contributed by atoms with E-state index in [1.165, 1.54) is 12.8 Å². The van der Waals surface area contributed by atoms with Gasteiger partial charge in [0, 0.05) is 23.7 Å². The Bertz CT molecular complexity index is 554. The molecule has 1 heterocycles. The summed E-state index contributed by atoms with van der Waals surface area (Å²) in [6.07, 6.45) is 2.43. The van der Waals surface area contributed by atoms with Crippen LogP contribution < -0.4 is 10.6 Å². The summed E-state index contributed by atoms with van der Waals surface area (Å²) in [6, 6.07) is 13.1. The smallest absolute Gasteiger partial charge is 0.225 e. The Hall–Kier alpha value is -2.10. The third kappa shape index (κ3) is 3.26. The summed E-state index contributed by atoms with van der Waals surface area (Å²) >= 11 is 0. The van der Waals surface area contributed by atoms with E-state index in [0.29, 0.717) is 12.1 Å². The summed E-state index contributed by atoms with van der Waals surface area (Å²) in [5, 5.41) is 6.74. The van der Waals surface area contributed by atoms with Crippen molar-refractivity contribution in [3.63, 3.8) is 0 Å². The van der Waals surface area contributed by atoms with Crippen molar-refractivity contribution in [2.45, 2.75) is 38.8 Å². The maximum atomic E-state index is 4.63. The summed E-state index contributed by atoms with van der Waals surface area (Å²) in [5.41, 5.74) is 2.06. The summed E-state index contributed by atoms with van der Waals surface area (Å²) in [5.74, 6) is 1.59. The molecule has 1 fully saturated rings. The van der Waals surface area contributed by atoms with E-state index in [-0.39, 0.29) is 0 Å². The molecule has 2 N–H and O–H groups in total. The highest BCUT2D eigenvalue weighted by molar-refractivity contribution is 5.64. The van der Waals surface area contributed by atoms with E-state index >= 15 is 0 Å². The first-order valence-electron chi connectivity index (χ1n) is 7.18. The van der Waals surface area contributed by atoms with Crippen LogP contribution in [0, 0.1) is 0 Å². The van der Waals surface area contributed by atoms with Gasteiger partial charge in [0.15, 0.2) is 0 Å². The minimum atomic E-state index is 0.349. The van der Waals surface area contributed by atoms with Crippen LogP contribution in [0.5, 0.6) is 0 Å². The molecule has 104 valence electrons. The lowest BCUT2D eigenvalue weighted by Crippen LogP contribution is -2.13. The van der Waals surface area contributed by atoms with Crippen molar-refractivity contribution < 1.29 is 0 Å². The highest BCUT2D eigenvalue weighted by Crippen LogP contribution is 2.26. The molecule has 0 unspecified atom stereocenters. The van der Waals surface area contributed by atoms with Gasteiger partial charge in [0.25, 0.3) is 0 Å². The Morgan fingerprint density at radius 3 is 2.50 bits per heavy atom. The molecule has 1 aliphatic rings. The second-order valence-corrected chi connectivity index (χ2v) is 5.55. The molecule has 0 amide bonds. The SMILES string of the molecule is CC(C)Nc1cc(-c2ccccc2)nc(NC2CC2)n1. The standard InChI is InChI=1S/C16H20N4/c1-11(2)17-15-10-14(12-6-4-3-5-7-12)19-16(20-15)18-13-8-9-13/h3-7,10-11,13H,8-9H2,1-2H3,(H2,17,18,19,20). The van der Waals surface area contributed by atoms with Crippen LogP contribution >= 0.6 is 0 Å². The van der Waals surface area contributed by atoms with Gasteiger partial charge in [0.05, 0.1) is 5.69 Å². The summed E-state index contributed by atoms with van der Waals surface area (Å²) in [4.78, 5) is 9.17. The molecule has 20 heavy (non-hydrogen) atoms. The average molecular weight is 268 g/mol. The Morgan fingerprint density at radius 1 is 1.10 bits per heavy atom. The normalized spacial score (nSPS) is 14.3. The number of rotatable bonds is 5. The molecule has 3 rings (SSSR count). The first-order chi connectivity index (χ1) is 9.70. The maximum absolute atomic E-state index is 4.63. The third-order valence-electron chi connectivity index (χ3n) is 3.14. The van der Waals surface area contributed by atoms with Crippen LogP contribution in [0.4, 0.5) is 11.8 Å². The van der Waals surface area contributed by atoms with E-state index in [9.17, 15) is 0 Å². The molecule has 0 saturated heterocycles. The first kappa shape index (κ1) is 12.9. The van der Waals surface area contributed by atoms with Gasteiger partial charge in [0.2, 0.25) is 5.95 Å². The lowest BCUT2D eigenvalue weighted by Gasteiger charge is -2.13. The number of hydrogen-bond acceptors (Lipinski definition) is 4. The summed E-state index contributed by atoms with van der Waals surface area (Å²) < 4.78 is 0. The van der Waals surface area contributed by atoms with Crippen molar-refractivity contribution in [1.29, 1.82) is 0 Å². The lowest BCUT2D eigenvalue weighted by atomic mass is 10.1. The predicted molar refractivity (Wildman–Crippen MR) is 82.9 cm³/mol. The lowest BCUT2D eigenvalue weighted by molar-refractivity contribution is 0.885. The van der Waals surface area contributed by atoms with E-state index in [1.54, 1.807) is 0 Å². The fourth-order valence-corrected chi connectivity index (χ4v) is 2.05. The number of nitrogens with zero attached hydrogens (tertiary/aromatic N) is 2. The van der Waals surface area contributed by atoms with Crippen molar-refractivity contribution in [2.75, 3.05) is 10.6 Å². The van der Waals surface area contributed by atoms with E-state index < -0.39 is 0 Å². The van der Waals surface area contributed by atoms with Crippen molar-refractivity contribution in [1.82, 2.24) is 9.97 Å². The molecule has 0 spiro atoms. The molecule has 0 aliphatic heterocycles. The van der Waals surface area contributed by atoms with Gasteiger partial charge in [-0.15, -0.1) is 0 Å². The van der Waals surface area contributed by atoms with Crippen LogP contribution in [0.25, 0.3) is 11.3 Å². The van der Waals surface area contributed by atoms with Crippen molar-refractivity contribution >= 4 is 11.8 Å². The second kappa shape index (κ2) is 5.49. The molecular formula is C16H20N4. The molecule has 4 heteroatoms. The third-order valence-corrected chi connectivity index (χ3v) is 3.14. The largest absolute Gasteiger partial charge is 0.368 e. The Morgan fingerprint density at radius 2 is 1.85 bits per heavy atom. The van der Waals surface area contributed by atoms with Crippen LogP contribution in [-0.4, -0.2) is 22.1 Å². The van der Waals surface area contributed by atoms with E-state index in [2.05, 4.69) is 46.6 Å². The zero-order valence-electron chi connectivity index (χ0n) is 11.9. The monoisotopic (exact) mass is 268 g/mol. The maximum Gasteiger partial charge on any atom is 0.225 e. The molecule has 0 radical (unpaired) electrons. The zero-order valence-corrected chi connectivity index (χ0v) is 11.9. The number of aromatic nitrogens is 2. The zero-order chi connectivity index (χ0) is 13.9. The molecule has 1 saturated carbocycles. The molecular weight excluding hydrogens is 248 g/mol. The minimum absolute atomic E-state index is 0.349. The molecule has 2 aromatic rings. The quantitative estimate of drug-likeness (QED) is 0.871. The first-order valence-corrected chi connectivity index (χ1v) is 7.18. The molecule has 4 nitrogen and oxygen atoms in total. The fourth-order valence-electron chi connectivity index (χ4n) is 2.05. The van der Waals surface area contributed by atoms with Crippen molar-refractivity contribution in [3.8, 4) is 11.3 Å². The molecule has 1 aromatic carbocycles. The highest BCUT2D eigenvalue weighted by Gasteiger charge is 2.22. The van der Waals surface area contributed by atoms with Crippen LogP contribution in [0.1, 0.15) is 26.7 Å². The second-order valence-electron chi connectivity index (χ2n) is 5.55. The molecule has 1 aliphatic carbocycles. The van der Waals surface area contributed by atoms with E-state index in [1.807, 2.05) is 24.3 Å². The van der Waals surface area contributed by atoms with Gasteiger partial charge in [-0.1, -0.05) is 30.3 Å². The number of anilines is 2. The summed E-state index contributed by atoms with van der Waals surface area (Å²) in [7, 11) is 0. The van der Waals surface area contributed by atoms with Gasteiger partial charge in [-0.3, -0.25) is 0 Å². The van der Waals surface area contributed by atoms with Crippen LogP contribution in [0.15, 0.2) is 36.4 Å². The van der Waals surface area contributed by atoms with Crippen LogP contribution in [0.3, 0.4) is 0 Å². The van der Waals surface area contributed by atoms with E-state index in [4.69, 9.17) is 0 Å². The molecule has 0 atom stereocenters. The highest BCUT2D eigenvalue weighted by atomic mass is 15.2.